The van der Waals surface area contributed by atoms with Crippen LogP contribution in [0.2, 0.25) is 0 Å². The zero-order valence-corrected chi connectivity index (χ0v) is 7.97. The Morgan fingerprint density at radius 3 is 2.54 bits per heavy atom. The summed E-state index contributed by atoms with van der Waals surface area (Å²) >= 11 is 0. The maximum atomic E-state index is 13.3. The van der Waals surface area contributed by atoms with E-state index in [1.807, 2.05) is 19.9 Å². The lowest BCUT2D eigenvalue weighted by Gasteiger charge is -2.05. The van der Waals surface area contributed by atoms with Crippen molar-refractivity contribution in [2.75, 3.05) is 0 Å². The Labute approximate surface area is 78.4 Å². The Kier molecular flexibility index (Phi) is 3.02. The molecule has 0 fully saturated rings. The maximum Gasteiger partial charge on any atom is 0.131 e. The number of rotatable bonds is 2. The van der Waals surface area contributed by atoms with Crippen LogP contribution >= 0.6 is 0 Å². The molecule has 0 saturated carbocycles. The Balaban J connectivity index is 3.42. The van der Waals surface area contributed by atoms with E-state index in [2.05, 4.69) is 6.58 Å². The first-order valence-corrected chi connectivity index (χ1v) is 4.25. The van der Waals surface area contributed by atoms with Crippen LogP contribution in [-0.4, -0.2) is 0 Å². The van der Waals surface area contributed by atoms with Crippen LogP contribution in [0.5, 0.6) is 0 Å². The van der Waals surface area contributed by atoms with Crippen molar-refractivity contribution in [2.45, 2.75) is 13.8 Å². The molecule has 0 nitrogen and oxygen atoms in total. The lowest BCUT2D eigenvalue weighted by Crippen LogP contribution is -1.90. The predicted molar refractivity (Wildman–Crippen MR) is 55.9 cm³/mol. The molecule has 0 amide bonds. The third-order valence-electron chi connectivity index (χ3n) is 1.99. The summed E-state index contributed by atoms with van der Waals surface area (Å²) in [6, 6.07) is 3.25. The van der Waals surface area contributed by atoms with Gasteiger partial charge in [0.1, 0.15) is 5.82 Å². The van der Waals surface area contributed by atoms with E-state index in [4.69, 9.17) is 0 Å². The van der Waals surface area contributed by atoms with Crippen molar-refractivity contribution in [3.05, 3.63) is 47.3 Å². The quantitative estimate of drug-likeness (QED) is 0.642. The molecule has 1 rings (SSSR count). The summed E-state index contributed by atoms with van der Waals surface area (Å²) < 4.78 is 13.3. The fraction of sp³-hybridized carbons (Fsp3) is 0.167. The number of hydrogen-bond donors (Lipinski definition) is 0. The molecular formula is C12H13F. The van der Waals surface area contributed by atoms with Gasteiger partial charge in [-0.1, -0.05) is 30.9 Å². The zero-order chi connectivity index (χ0) is 9.84. The molecule has 0 aliphatic carbocycles. The van der Waals surface area contributed by atoms with Crippen LogP contribution < -0.4 is 0 Å². The summed E-state index contributed by atoms with van der Waals surface area (Å²) in [5.41, 5.74) is 2.54. The molecule has 0 N–H and O–H groups in total. The average molecular weight is 176 g/mol. The molecule has 68 valence electrons. The minimum absolute atomic E-state index is 0.196. The second kappa shape index (κ2) is 4.04. The highest BCUT2D eigenvalue weighted by atomic mass is 19.1. The van der Waals surface area contributed by atoms with E-state index in [0.29, 0.717) is 5.56 Å². The van der Waals surface area contributed by atoms with Gasteiger partial charge in [-0.15, -0.1) is 0 Å². The molecule has 0 aromatic heterocycles. The van der Waals surface area contributed by atoms with Gasteiger partial charge < -0.3 is 0 Å². The van der Waals surface area contributed by atoms with Gasteiger partial charge in [0, 0.05) is 5.56 Å². The van der Waals surface area contributed by atoms with E-state index >= 15 is 0 Å². The predicted octanol–water partition coefficient (Wildman–Crippen LogP) is 3.81. The van der Waals surface area contributed by atoms with Crippen LogP contribution in [-0.2, 0) is 0 Å². The molecule has 0 radical (unpaired) electrons. The van der Waals surface area contributed by atoms with Gasteiger partial charge >= 0.3 is 0 Å². The lowest BCUT2D eigenvalue weighted by atomic mass is 10.0. The smallest absolute Gasteiger partial charge is 0.131 e. The Morgan fingerprint density at radius 2 is 2.00 bits per heavy atom. The van der Waals surface area contributed by atoms with Crippen LogP contribution in [0.25, 0.3) is 12.2 Å². The molecule has 0 aliphatic rings. The highest BCUT2D eigenvalue weighted by Gasteiger charge is 2.04. The minimum Gasteiger partial charge on any atom is -0.206 e. The van der Waals surface area contributed by atoms with Crippen molar-refractivity contribution in [3.63, 3.8) is 0 Å². The van der Waals surface area contributed by atoms with Crippen LogP contribution in [0, 0.1) is 12.7 Å². The summed E-state index contributed by atoms with van der Waals surface area (Å²) in [6.07, 6.45) is 5.28. The standard InChI is InChI=1S/C12H13F/c1-4-6-11-10(5-2)9(3)7-8-12(11)13/h4-8H,2H2,1,3H3/b6-4-. The number of halogens is 1. The third kappa shape index (κ3) is 1.86. The molecule has 1 heteroatoms. The second-order valence-electron chi connectivity index (χ2n) is 2.90. The average Bonchev–Trinajstić information content (AvgIpc) is 2.12. The van der Waals surface area contributed by atoms with Crippen LogP contribution in [0.3, 0.4) is 0 Å². The third-order valence-corrected chi connectivity index (χ3v) is 1.99. The van der Waals surface area contributed by atoms with Gasteiger partial charge in [0.25, 0.3) is 0 Å². The van der Waals surface area contributed by atoms with Crippen molar-refractivity contribution in [3.8, 4) is 0 Å². The number of aryl methyl sites for hydroxylation is 1. The van der Waals surface area contributed by atoms with Gasteiger partial charge in [-0.2, -0.15) is 0 Å². The number of benzene rings is 1. The Hall–Kier alpha value is -1.37. The van der Waals surface area contributed by atoms with E-state index in [1.165, 1.54) is 6.07 Å². The largest absolute Gasteiger partial charge is 0.206 e. The van der Waals surface area contributed by atoms with Gasteiger partial charge in [0.05, 0.1) is 0 Å². The monoisotopic (exact) mass is 176 g/mol. The normalized spacial score (nSPS) is 10.7. The van der Waals surface area contributed by atoms with Gasteiger partial charge in [-0.25, -0.2) is 4.39 Å². The molecule has 1 aromatic carbocycles. The van der Waals surface area contributed by atoms with Gasteiger partial charge in [-0.05, 0) is 31.0 Å². The maximum absolute atomic E-state index is 13.3. The molecule has 0 bridgehead atoms. The molecule has 0 unspecified atom stereocenters. The summed E-state index contributed by atoms with van der Waals surface area (Å²) in [5.74, 6) is -0.196. The van der Waals surface area contributed by atoms with Crippen LogP contribution in [0.15, 0.2) is 24.8 Å². The lowest BCUT2D eigenvalue weighted by molar-refractivity contribution is 0.624. The van der Waals surface area contributed by atoms with Gasteiger partial charge in [0.2, 0.25) is 0 Å². The Bertz CT molecular complexity index is 348. The number of hydrogen-bond acceptors (Lipinski definition) is 0. The first kappa shape index (κ1) is 9.72. The van der Waals surface area contributed by atoms with E-state index in [1.54, 1.807) is 18.2 Å². The van der Waals surface area contributed by atoms with Crippen LogP contribution in [0.4, 0.5) is 4.39 Å². The summed E-state index contributed by atoms with van der Waals surface area (Å²) in [5, 5.41) is 0. The van der Waals surface area contributed by atoms with Gasteiger partial charge in [-0.3, -0.25) is 0 Å². The molecule has 13 heavy (non-hydrogen) atoms. The van der Waals surface area contributed by atoms with E-state index in [9.17, 15) is 4.39 Å². The van der Waals surface area contributed by atoms with Gasteiger partial charge in [0.15, 0.2) is 0 Å². The first-order chi connectivity index (χ1) is 6.20. The Morgan fingerprint density at radius 1 is 1.31 bits per heavy atom. The minimum atomic E-state index is -0.196. The SMILES string of the molecule is C=Cc1c(C)ccc(F)c1/C=C\C. The van der Waals surface area contributed by atoms with Crippen LogP contribution in [0.1, 0.15) is 23.6 Å². The highest BCUT2D eigenvalue weighted by Crippen LogP contribution is 2.20. The second-order valence-corrected chi connectivity index (χ2v) is 2.90. The van der Waals surface area contributed by atoms with Crippen molar-refractivity contribution in [1.29, 1.82) is 0 Å². The van der Waals surface area contributed by atoms with Crippen molar-refractivity contribution in [1.82, 2.24) is 0 Å². The molecule has 0 aliphatic heterocycles. The summed E-state index contributed by atoms with van der Waals surface area (Å²) in [6.45, 7) is 7.49. The van der Waals surface area contributed by atoms with E-state index in [0.717, 1.165) is 11.1 Å². The fourth-order valence-electron chi connectivity index (χ4n) is 1.33. The molecular weight excluding hydrogens is 163 g/mol. The topological polar surface area (TPSA) is 0 Å². The highest BCUT2D eigenvalue weighted by molar-refractivity contribution is 5.67. The summed E-state index contributed by atoms with van der Waals surface area (Å²) in [7, 11) is 0. The van der Waals surface area contributed by atoms with Crippen molar-refractivity contribution < 1.29 is 4.39 Å². The molecule has 0 atom stereocenters. The zero-order valence-electron chi connectivity index (χ0n) is 7.97. The van der Waals surface area contributed by atoms with E-state index in [-0.39, 0.29) is 5.82 Å². The fourth-order valence-corrected chi connectivity index (χ4v) is 1.33. The van der Waals surface area contributed by atoms with E-state index < -0.39 is 0 Å². The molecule has 1 aromatic rings. The first-order valence-electron chi connectivity index (χ1n) is 4.25. The van der Waals surface area contributed by atoms with Crippen molar-refractivity contribution >= 4 is 12.2 Å². The van der Waals surface area contributed by atoms with Crippen molar-refractivity contribution in [2.24, 2.45) is 0 Å². The molecule has 0 saturated heterocycles. The molecule has 0 spiro atoms. The number of allylic oxidation sites excluding steroid dienone is 1. The molecule has 0 heterocycles. The summed E-state index contributed by atoms with van der Waals surface area (Å²) in [4.78, 5) is 0.